The number of ether oxygens (including phenoxy) is 2. The van der Waals surface area contributed by atoms with Crippen molar-refractivity contribution in [1.29, 1.82) is 0 Å². The van der Waals surface area contributed by atoms with Gasteiger partial charge < -0.3 is 9.47 Å². The van der Waals surface area contributed by atoms with Crippen LogP contribution >= 0.6 is 0 Å². The first kappa shape index (κ1) is 19.0. The van der Waals surface area contributed by atoms with Crippen molar-refractivity contribution in [2.24, 2.45) is 10.8 Å². The lowest BCUT2D eigenvalue weighted by Gasteiger charge is -2.30. The van der Waals surface area contributed by atoms with Crippen LogP contribution in [0.4, 0.5) is 0 Å². The molecule has 1 aromatic rings. The molecule has 0 saturated carbocycles. The lowest BCUT2D eigenvalue weighted by atomic mass is 9.80. The minimum absolute atomic E-state index is 0.0500. The normalized spacial score (nSPS) is 15.5. The van der Waals surface area contributed by atoms with Gasteiger partial charge in [0.1, 0.15) is 5.75 Å². The Labute approximate surface area is 137 Å². The van der Waals surface area contributed by atoms with E-state index in [0.717, 1.165) is 5.75 Å². The Morgan fingerprint density at radius 2 is 1.50 bits per heavy atom. The molecule has 0 heterocycles. The van der Waals surface area contributed by atoms with Crippen molar-refractivity contribution in [3.63, 3.8) is 0 Å². The second kappa shape index (κ2) is 7.50. The average Bonchev–Trinajstić information content (AvgIpc) is 2.40. The van der Waals surface area contributed by atoms with Gasteiger partial charge in [0.15, 0.2) is 0 Å². The topological polar surface area (TPSA) is 18.5 Å². The molecule has 0 radical (unpaired) electrons. The zero-order valence-corrected chi connectivity index (χ0v) is 15.7. The summed E-state index contributed by atoms with van der Waals surface area (Å²) in [5.74, 6) is 1.48. The Hall–Kier alpha value is -1.02. The van der Waals surface area contributed by atoms with E-state index in [1.165, 1.54) is 18.4 Å². The monoisotopic (exact) mass is 306 g/mol. The van der Waals surface area contributed by atoms with Crippen molar-refractivity contribution in [3.05, 3.63) is 29.8 Å². The van der Waals surface area contributed by atoms with E-state index >= 15 is 0 Å². The molecule has 0 amide bonds. The van der Waals surface area contributed by atoms with Crippen molar-refractivity contribution in [1.82, 2.24) is 0 Å². The molecule has 0 saturated heterocycles. The highest BCUT2D eigenvalue weighted by atomic mass is 16.7. The summed E-state index contributed by atoms with van der Waals surface area (Å²) >= 11 is 0. The quantitative estimate of drug-likeness (QED) is 0.599. The Morgan fingerprint density at radius 3 is 1.86 bits per heavy atom. The first-order valence-corrected chi connectivity index (χ1v) is 8.36. The van der Waals surface area contributed by atoms with Gasteiger partial charge in [0.25, 0.3) is 0 Å². The van der Waals surface area contributed by atoms with E-state index in [1.54, 1.807) is 7.11 Å². The van der Waals surface area contributed by atoms with Crippen LogP contribution in [-0.4, -0.2) is 13.4 Å². The largest absolute Gasteiger partial charge is 0.464 e. The number of methoxy groups -OCH3 is 1. The standard InChI is InChI=1S/C20H34O2/c1-9-15(14-19(2,3)4)16-10-12-17(13-11-16)22-18(21-8)20(5,6)7/h10-13,15,18H,9,14H2,1-8H3. The SMILES string of the molecule is CCC(CC(C)(C)C)c1ccc(OC(OC)C(C)(C)C)cc1. The fourth-order valence-corrected chi connectivity index (χ4v) is 2.76. The fourth-order valence-electron chi connectivity index (χ4n) is 2.76. The van der Waals surface area contributed by atoms with Crippen molar-refractivity contribution in [3.8, 4) is 5.75 Å². The van der Waals surface area contributed by atoms with Crippen LogP contribution in [-0.2, 0) is 4.74 Å². The van der Waals surface area contributed by atoms with Crippen molar-refractivity contribution < 1.29 is 9.47 Å². The summed E-state index contributed by atoms with van der Waals surface area (Å²) in [5.41, 5.74) is 1.70. The molecule has 126 valence electrons. The number of benzene rings is 1. The number of hydrogen-bond acceptors (Lipinski definition) is 2. The summed E-state index contributed by atoms with van der Waals surface area (Å²) in [6.45, 7) is 15.5. The molecule has 0 spiro atoms. The lowest BCUT2D eigenvalue weighted by Crippen LogP contribution is -2.33. The summed E-state index contributed by atoms with van der Waals surface area (Å²) in [7, 11) is 1.70. The summed E-state index contributed by atoms with van der Waals surface area (Å²) in [5, 5.41) is 0. The van der Waals surface area contributed by atoms with Crippen LogP contribution in [0.1, 0.15) is 72.8 Å². The maximum atomic E-state index is 5.98. The molecule has 0 aliphatic rings. The molecule has 1 aromatic carbocycles. The highest BCUT2D eigenvalue weighted by Gasteiger charge is 2.26. The van der Waals surface area contributed by atoms with E-state index in [9.17, 15) is 0 Å². The molecule has 22 heavy (non-hydrogen) atoms. The van der Waals surface area contributed by atoms with Crippen LogP contribution in [0.15, 0.2) is 24.3 Å². The summed E-state index contributed by atoms with van der Waals surface area (Å²) in [6, 6.07) is 8.53. The predicted octanol–water partition coefficient (Wildman–Crippen LogP) is 6.01. The molecule has 0 aromatic heterocycles. The van der Waals surface area contributed by atoms with Gasteiger partial charge in [-0.25, -0.2) is 0 Å². The van der Waals surface area contributed by atoms with Gasteiger partial charge in [-0.1, -0.05) is 60.6 Å². The average molecular weight is 306 g/mol. The lowest BCUT2D eigenvalue weighted by molar-refractivity contribution is -0.120. The first-order chi connectivity index (χ1) is 10.1. The van der Waals surface area contributed by atoms with Crippen LogP contribution in [0.25, 0.3) is 0 Å². The van der Waals surface area contributed by atoms with Crippen molar-refractivity contribution in [2.75, 3.05) is 7.11 Å². The van der Waals surface area contributed by atoms with E-state index in [0.29, 0.717) is 11.3 Å². The molecule has 0 fully saturated rings. The molecule has 2 heteroatoms. The molecule has 0 aliphatic carbocycles. The van der Waals surface area contributed by atoms with Crippen molar-refractivity contribution >= 4 is 0 Å². The second-order valence-electron chi connectivity index (χ2n) is 8.49. The van der Waals surface area contributed by atoms with Gasteiger partial charge in [0, 0.05) is 12.5 Å². The summed E-state index contributed by atoms with van der Waals surface area (Å²) in [4.78, 5) is 0. The minimum atomic E-state index is -0.241. The molecule has 2 atom stereocenters. The fraction of sp³-hybridized carbons (Fsp3) is 0.700. The third-order valence-corrected chi connectivity index (χ3v) is 3.87. The first-order valence-electron chi connectivity index (χ1n) is 8.36. The van der Waals surface area contributed by atoms with Gasteiger partial charge >= 0.3 is 0 Å². The predicted molar refractivity (Wildman–Crippen MR) is 94.4 cm³/mol. The van der Waals surface area contributed by atoms with Gasteiger partial charge in [-0.2, -0.15) is 0 Å². The van der Waals surface area contributed by atoms with Crippen molar-refractivity contribution in [2.45, 2.75) is 73.5 Å². The van der Waals surface area contributed by atoms with Crippen LogP contribution in [0.3, 0.4) is 0 Å². The Balaban J connectivity index is 2.81. The number of hydrogen-bond donors (Lipinski definition) is 0. The zero-order valence-electron chi connectivity index (χ0n) is 15.7. The molecule has 0 aliphatic heterocycles. The zero-order chi connectivity index (χ0) is 17.0. The third-order valence-electron chi connectivity index (χ3n) is 3.87. The van der Waals surface area contributed by atoms with Gasteiger partial charge in [-0.15, -0.1) is 0 Å². The molecular formula is C20H34O2. The Bertz CT molecular complexity index is 434. The van der Waals surface area contributed by atoms with Gasteiger partial charge in [-0.3, -0.25) is 0 Å². The highest BCUT2D eigenvalue weighted by molar-refractivity contribution is 5.29. The minimum Gasteiger partial charge on any atom is -0.464 e. The molecule has 0 bridgehead atoms. The molecular weight excluding hydrogens is 272 g/mol. The second-order valence-corrected chi connectivity index (χ2v) is 8.49. The van der Waals surface area contributed by atoms with E-state index in [1.807, 2.05) is 0 Å². The van der Waals surface area contributed by atoms with Gasteiger partial charge in [0.2, 0.25) is 6.29 Å². The summed E-state index contributed by atoms with van der Waals surface area (Å²) < 4.78 is 11.4. The molecule has 1 rings (SSSR count). The van der Waals surface area contributed by atoms with Crippen LogP contribution in [0.2, 0.25) is 0 Å². The Kier molecular flexibility index (Phi) is 6.49. The third kappa shape index (κ3) is 6.00. The van der Waals surface area contributed by atoms with Crippen LogP contribution < -0.4 is 4.74 Å². The maximum absolute atomic E-state index is 5.98. The van der Waals surface area contributed by atoms with Gasteiger partial charge in [-0.05, 0) is 41.9 Å². The van der Waals surface area contributed by atoms with E-state index in [4.69, 9.17) is 9.47 Å². The van der Waals surface area contributed by atoms with Gasteiger partial charge in [0.05, 0.1) is 0 Å². The number of rotatable bonds is 6. The van der Waals surface area contributed by atoms with Crippen LogP contribution in [0, 0.1) is 10.8 Å². The molecule has 0 N–H and O–H groups in total. The summed E-state index contributed by atoms with van der Waals surface area (Å²) in [6.07, 6.45) is 2.13. The van der Waals surface area contributed by atoms with E-state index < -0.39 is 0 Å². The van der Waals surface area contributed by atoms with E-state index in [2.05, 4.69) is 72.7 Å². The Morgan fingerprint density at radius 1 is 0.955 bits per heavy atom. The highest BCUT2D eigenvalue weighted by Crippen LogP contribution is 2.34. The molecule has 2 unspecified atom stereocenters. The molecule has 2 nitrogen and oxygen atoms in total. The smallest absolute Gasteiger partial charge is 0.204 e. The maximum Gasteiger partial charge on any atom is 0.204 e. The van der Waals surface area contributed by atoms with E-state index in [-0.39, 0.29) is 11.7 Å². The van der Waals surface area contributed by atoms with Crippen LogP contribution in [0.5, 0.6) is 5.75 Å².